The summed E-state index contributed by atoms with van der Waals surface area (Å²) in [7, 11) is 0. The van der Waals surface area contributed by atoms with Crippen LogP contribution >= 0.6 is 11.3 Å². The summed E-state index contributed by atoms with van der Waals surface area (Å²) in [4.78, 5) is 14.9. The highest BCUT2D eigenvalue weighted by atomic mass is 32.1. The molecule has 0 saturated carbocycles. The molecule has 3 nitrogen and oxygen atoms in total. The molecule has 0 atom stereocenters. The number of amides is 1. The number of benzene rings is 1. The highest BCUT2D eigenvalue weighted by Crippen LogP contribution is 2.23. The van der Waals surface area contributed by atoms with E-state index < -0.39 is 5.91 Å². The van der Waals surface area contributed by atoms with Crippen LogP contribution < -0.4 is 5.73 Å². The molecule has 1 heterocycles. The molecule has 2 rings (SSSR count). The largest absolute Gasteiger partial charge is 0.366 e. The molecule has 0 fully saturated rings. The smallest absolute Gasteiger partial charge is 0.241 e. The van der Waals surface area contributed by atoms with E-state index in [1.165, 1.54) is 17.4 Å². The first kappa shape index (κ1) is 10.6. The van der Waals surface area contributed by atoms with E-state index in [-0.39, 0.29) is 0 Å². The number of nitrogens with two attached hydrogens (primary N) is 1. The Morgan fingerprint density at radius 2 is 2.06 bits per heavy atom. The Labute approximate surface area is 97.3 Å². The van der Waals surface area contributed by atoms with Crippen molar-refractivity contribution in [2.24, 2.45) is 5.73 Å². The number of thiazole rings is 1. The van der Waals surface area contributed by atoms with E-state index in [4.69, 9.17) is 5.73 Å². The van der Waals surface area contributed by atoms with Gasteiger partial charge in [-0.3, -0.25) is 4.79 Å². The van der Waals surface area contributed by atoms with Crippen molar-refractivity contribution in [2.75, 3.05) is 0 Å². The number of rotatable bonds is 3. The summed E-state index contributed by atoms with van der Waals surface area (Å²) in [6, 6.07) is 9.90. The van der Waals surface area contributed by atoms with Crippen LogP contribution in [0.2, 0.25) is 0 Å². The fourth-order valence-corrected chi connectivity index (χ4v) is 2.04. The third-order valence-electron chi connectivity index (χ3n) is 1.96. The second-order valence-corrected chi connectivity index (χ2v) is 4.04. The summed E-state index contributed by atoms with van der Waals surface area (Å²) >= 11 is 1.54. The molecule has 16 heavy (non-hydrogen) atoms. The lowest BCUT2D eigenvalue weighted by atomic mass is 10.2. The topological polar surface area (TPSA) is 56.0 Å². The molecular formula is C12H10N2OS. The van der Waals surface area contributed by atoms with Crippen molar-refractivity contribution >= 4 is 23.3 Å². The molecule has 2 N–H and O–H groups in total. The van der Waals surface area contributed by atoms with Crippen LogP contribution in [0.25, 0.3) is 16.6 Å². The summed E-state index contributed by atoms with van der Waals surface area (Å²) < 4.78 is 0. The molecule has 0 radical (unpaired) electrons. The number of hydrogen-bond donors (Lipinski definition) is 1. The molecule has 80 valence electrons. The number of primary amides is 1. The number of hydrogen-bond acceptors (Lipinski definition) is 3. The van der Waals surface area contributed by atoms with Gasteiger partial charge in [-0.1, -0.05) is 30.3 Å². The summed E-state index contributed by atoms with van der Waals surface area (Å²) in [5.74, 6) is -0.464. The van der Waals surface area contributed by atoms with Crippen LogP contribution in [0.3, 0.4) is 0 Å². The number of carbonyl (C=O) groups excluding carboxylic acids is 1. The minimum absolute atomic E-state index is 0.464. The number of nitrogens with zero attached hydrogens (tertiary/aromatic N) is 1. The predicted octanol–water partition coefficient (Wildman–Crippen LogP) is 2.31. The van der Waals surface area contributed by atoms with Crippen molar-refractivity contribution in [1.29, 1.82) is 0 Å². The molecule has 0 aliphatic heterocycles. The minimum Gasteiger partial charge on any atom is -0.366 e. The lowest BCUT2D eigenvalue weighted by Crippen LogP contribution is -2.05. The molecular weight excluding hydrogens is 220 g/mol. The molecule has 0 unspecified atom stereocenters. The van der Waals surface area contributed by atoms with E-state index in [9.17, 15) is 4.79 Å². The third-order valence-corrected chi connectivity index (χ3v) is 2.87. The van der Waals surface area contributed by atoms with Gasteiger partial charge in [0.15, 0.2) is 0 Å². The van der Waals surface area contributed by atoms with Crippen molar-refractivity contribution < 1.29 is 4.79 Å². The second kappa shape index (κ2) is 4.72. The first-order valence-corrected chi connectivity index (χ1v) is 5.62. The van der Waals surface area contributed by atoms with Gasteiger partial charge in [0, 0.05) is 17.0 Å². The number of aromatic nitrogens is 1. The zero-order valence-electron chi connectivity index (χ0n) is 8.46. The maximum absolute atomic E-state index is 10.6. The van der Waals surface area contributed by atoms with Crippen molar-refractivity contribution in [3.05, 3.63) is 47.5 Å². The molecule has 0 saturated heterocycles. The van der Waals surface area contributed by atoms with Crippen LogP contribution in [0, 0.1) is 0 Å². The van der Waals surface area contributed by atoms with Crippen molar-refractivity contribution in [2.45, 2.75) is 0 Å². The standard InChI is InChI=1S/C12H10N2OS/c13-11(15)7-6-10-8-16-12(14-10)9-4-2-1-3-5-9/h1-8H,(H2,13,15)/b7-6-. The molecule has 1 amide bonds. The summed E-state index contributed by atoms with van der Waals surface area (Å²) in [6.45, 7) is 0. The highest BCUT2D eigenvalue weighted by Gasteiger charge is 2.01. The molecule has 0 spiro atoms. The molecule has 0 aliphatic rings. The third kappa shape index (κ3) is 2.55. The molecule has 1 aromatic heterocycles. The minimum atomic E-state index is -0.464. The van der Waals surface area contributed by atoms with E-state index in [0.29, 0.717) is 0 Å². The predicted molar refractivity (Wildman–Crippen MR) is 65.8 cm³/mol. The summed E-state index contributed by atoms with van der Waals surface area (Å²) in [6.07, 6.45) is 2.93. The van der Waals surface area contributed by atoms with Gasteiger partial charge in [0.2, 0.25) is 5.91 Å². The Bertz CT molecular complexity index is 517. The van der Waals surface area contributed by atoms with Gasteiger partial charge in [-0.15, -0.1) is 11.3 Å². The first-order chi connectivity index (χ1) is 7.75. The Morgan fingerprint density at radius 1 is 1.31 bits per heavy atom. The summed E-state index contributed by atoms with van der Waals surface area (Å²) in [5, 5.41) is 2.83. The van der Waals surface area contributed by atoms with E-state index in [1.807, 2.05) is 35.7 Å². The normalized spacial score (nSPS) is 10.8. The van der Waals surface area contributed by atoms with Crippen molar-refractivity contribution in [1.82, 2.24) is 4.98 Å². The molecule has 1 aromatic carbocycles. The van der Waals surface area contributed by atoms with Crippen LogP contribution in [0.5, 0.6) is 0 Å². The zero-order chi connectivity index (χ0) is 11.4. The molecule has 4 heteroatoms. The lowest BCUT2D eigenvalue weighted by Gasteiger charge is -1.92. The van der Waals surface area contributed by atoms with Gasteiger partial charge in [-0.05, 0) is 6.08 Å². The van der Waals surface area contributed by atoms with Gasteiger partial charge in [-0.25, -0.2) is 4.98 Å². The highest BCUT2D eigenvalue weighted by molar-refractivity contribution is 7.13. The van der Waals surface area contributed by atoms with Gasteiger partial charge in [0.05, 0.1) is 5.69 Å². The maximum atomic E-state index is 10.6. The Kier molecular flexibility index (Phi) is 3.12. The molecule has 2 aromatic rings. The van der Waals surface area contributed by atoms with E-state index in [2.05, 4.69) is 4.98 Å². The second-order valence-electron chi connectivity index (χ2n) is 3.18. The zero-order valence-corrected chi connectivity index (χ0v) is 9.28. The van der Waals surface area contributed by atoms with Gasteiger partial charge in [0.25, 0.3) is 0 Å². The lowest BCUT2D eigenvalue weighted by molar-refractivity contribution is -0.113. The Balaban J connectivity index is 2.23. The van der Waals surface area contributed by atoms with E-state index in [1.54, 1.807) is 6.08 Å². The van der Waals surface area contributed by atoms with Crippen LogP contribution in [-0.4, -0.2) is 10.9 Å². The molecule has 0 bridgehead atoms. The fraction of sp³-hybridized carbons (Fsp3) is 0. The van der Waals surface area contributed by atoms with Crippen LogP contribution in [-0.2, 0) is 4.79 Å². The van der Waals surface area contributed by atoms with E-state index >= 15 is 0 Å². The SMILES string of the molecule is NC(=O)/C=C\c1csc(-c2ccccc2)n1. The Morgan fingerprint density at radius 3 is 2.75 bits per heavy atom. The fourth-order valence-electron chi connectivity index (χ4n) is 1.24. The van der Waals surface area contributed by atoms with Gasteiger partial charge in [-0.2, -0.15) is 0 Å². The van der Waals surface area contributed by atoms with Crippen molar-refractivity contribution in [3.8, 4) is 10.6 Å². The van der Waals surface area contributed by atoms with Gasteiger partial charge in [0.1, 0.15) is 5.01 Å². The molecule has 0 aliphatic carbocycles. The van der Waals surface area contributed by atoms with E-state index in [0.717, 1.165) is 16.3 Å². The van der Waals surface area contributed by atoms with Crippen LogP contribution in [0.4, 0.5) is 0 Å². The average molecular weight is 230 g/mol. The summed E-state index contributed by atoms with van der Waals surface area (Å²) in [5.41, 5.74) is 6.84. The van der Waals surface area contributed by atoms with Crippen molar-refractivity contribution in [3.63, 3.8) is 0 Å². The first-order valence-electron chi connectivity index (χ1n) is 4.74. The van der Waals surface area contributed by atoms with Crippen LogP contribution in [0.1, 0.15) is 5.69 Å². The quantitative estimate of drug-likeness (QED) is 0.822. The van der Waals surface area contributed by atoms with Crippen LogP contribution in [0.15, 0.2) is 41.8 Å². The maximum Gasteiger partial charge on any atom is 0.241 e. The number of carbonyl (C=O) groups is 1. The average Bonchev–Trinajstić information content (AvgIpc) is 2.76. The Hall–Kier alpha value is -1.94. The van der Waals surface area contributed by atoms with Gasteiger partial charge < -0.3 is 5.73 Å². The van der Waals surface area contributed by atoms with Gasteiger partial charge >= 0.3 is 0 Å². The monoisotopic (exact) mass is 230 g/mol.